The van der Waals surface area contributed by atoms with Gasteiger partial charge in [-0.05, 0) is 48.2 Å². The Kier molecular flexibility index (Phi) is 4.74. The van der Waals surface area contributed by atoms with Crippen LogP contribution in [0.1, 0.15) is 24.0 Å². The van der Waals surface area contributed by atoms with Gasteiger partial charge in [-0.25, -0.2) is 0 Å². The highest BCUT2D eigenvalue weighted by atomic mass is 16.5. The zero-order valence-electron chi connectivity index (χ0n) is 13.0. The molecule has 1 aliphatic rings. The number of anilines is 1. The number of rotatable bonds is 5. The Morgan fingerprint density at radius 3 is 2.32 bits per heavy atom. The zero-order chi connectivity index (χ0) is 15.2. The molecular weight excluding hydrogens is 272 g/mol. The Morgan fingerprint density at radius 2 is 1.68 bits per heavy atom. The van der Waals surface area contributed by atoms with E-state index in [4.69, 9.17) is 4.74 Å². The van der Waals surface area contributed by atoms with E-state index in [1.165, 1.54) is 37.2 Å². The molecule has 0 spiro atoms. The minimum Gasteiger partial charge on any atom is -0.497 e. The first-order valence-electron chi connectivity index (χ1n) is 7.83. The molecule has 3 heteroatoms. The van der Waals surface area contributed by atoms with Gasteiger partial charge < -0.3 is 9.64 Å². The predicted octanol–water partition coefficient (Wildman–Crippen LogP) is 3.91. The Morgan fingerprint density at radius 1 is 1.00 bits per heavy atom. The maximum absolute atomic E-state index is 5.15. The Hall–Kier alpha value is -2.29. The van der Waals surface area contributed by atoms with E-state index in [1.54, 1.807) is 7.11 Å². The molecule has 0 aliphatic carbocycles. The summed E-state index contributed by atoms with van der Waals surface area (Å²) < 4.78 is 5.15. The van der Waals surface area contributed by atoms with Gasteiger partial charge >= 0.3 is 0 Å². The minimum atomic E-state index is 0.692. The fourth-order valence-electron chi connectivity index (χ4n) is 2.73. The average molecular weight is 294 g/mol. The van der Waals surface area contributed by atoms with Crippen LogP contribution in [0.3, 0.4) is 0 Å². The molecule has 0 bridgehead atoms. The first-order chi connectivity index (χ1) is 10.8. The topological polar surface area (TPSA) is 24.8 Å². The number of ether oxygens (including phenoxy) is 1. The standard InChI is InChI=1S/C19H22N2O/c1-22-19-10-6-17(7-11-19)15-20-14-16-4-8-18(9-5-16)21-12-2-3-13-21/h4-11,14H,2-3,12-13,15H2,1H3. The van der Waals surface area contributed by atoms with Crippen molar-refractivity contribution in [2.45, 2.75) is 19.4 Å². The Labute approximate surface area is 132 Å². The summed E-state index contributed by atoms with van der Waals surface area (Å²) in [4.78, 5) is 6.96. The molecule has 0 saturated carbocycles. The molecule has 3 nitrogen and oxygen atoms in total. The van der Waals surface area contributed by atoms with E-state index in [0.717, 1.165) is 11.3 Å². The lowest BCUT2D eigenvalue weighted by atomic mass is 10.2. The molecule has 1 saturated heterocycles. The summed E-state index contributed by atoms with van der Waals surface area (Å²) in [5.74, 6) is 0.880. The van der Waals surface area contributed by atoms with Crippen LogP contribution in [0.15, 0.2) is 53.5 Å². The molecule has 1 fully saturated rings. The van der Waals surface area contributed by atoms with Crippen molar-refractivity contribution in [2.75, 3.05) is 25.1 Å². The summed E-state index contributed by atoms with van der Waals surface area (Å²) in [7, 11) is 1.68. The third kappa shape index (κ3) is 3.67. The summed E-state index contributed by atoms with van der Waals surface area (Å²) in [6, 6.07) is 16.7. The van der Waals surface area contributed by atoms with E-state index in [1.807, 2.05) is 30.5 Å². The molecule has 0 amide bonds. The smallest absolute Gasteiger partial charge is 0.118 e. The van der Waals surface area contributed by atoms with Crippen molar-refractivity contribution >= 4 is 11.9 Å². The third-order valence-corrected chi connectivity index (χ3v) is 4.04. The van der Waals surface area contributed by atoms with Gasteiger partial charge in [-0.15, -0.1) is 0 Å². The largest absolute Gasteiger partial charge is 0.497 e. The lowest BCUT2D eigenvalue weighted by molar-refractivity contribution is 0.414. The molecule has 114 valence electrons. The molecular formula is C19H22N2O. The first kappa shape index (κ1) is 14.6. The predicted molar refractivity (Wildman–Crippen MR) is 92.2 cm³/mol. The summed E-state index contributed by atoms with van der Waals surface area (Å²) >= 11 is 0. The summed E-state index contributed by atoms with van der Waals surface area (Å²) in [5.41, 5.74) is 3.66. The third-order valence-electron chi connectivity index (χ3n) is 4.04. The lowest BCUT2D eigenvalue weighted by Crippen LogP contribution is -2.17. The second-order valence-corrected chi connectivity index (χ2v) is 5.60. The van der Waals surface area contributed by atoms with Crippen molar-refractivity contribution in [3.05, 3.63) is 59.7 Å². The number of nitrogens with zero attached hydrogens (tertiary/aromatic N) is 2. The SMILES string of the molecule is COc1ccc(CN=Cc2ccc(N3CCCC3)cc2)cc1. The Bertz CT molecular complexity index is 611. The van der Waals surface area contributed by atoms with Crippen LogP contribution in [0.5, 0.6) is 5.75 Å². The monoisotopic (exact) mass is 294 g/mol. The maximum Gasteiger partial charge on any atom is 0.118 e. The van der Waals surface area contributed by atoms with Gasteiger partial charge in [0.1, 0.15) is 5.75 Å². The maximum atomic E-state index is 5.15. The minimum absolute atomic E-state index is 0.692. The van der Waals surface area contributed by atoms with Gasteiger partial charge in [0.2, 0.25) is 0 Å². The van der Waals surface area contributed by atoms with E-state index < -0.39 is 0 Å². The van der Waals surface area contributed by atoms with E-state index in [2.05, 4.69) is 34.2 Å². The molecule has 0 atom stereocenters. The van der Waals surface area contributed by atoms with Gasteiger partial charge in [0.15, 0.2) is 0 Å². The second-order valence-electron chi connectivity index (χ2n) is 5.60. The van der Waals surface area contributed by atoms with Crippen molar-refractivity contribution in [3.63, 3.8) is 0 Å². The first-order valence-corrected chi connectivity index (χ1v) is 7.83. The van der Waals surface area contributed by atoms with E-state index in [0.29, 0.717) is 6.54 Å². The number of aliphatic imine (C=N–C) groups is 1. The molecule has 2 aromatic carbocycles. The van der Waals surface area contributed by atoms with E-state index in [9.17, 15) is 0 Å². The fraction of sp³-hybridized carbons (Fsp3) is 0.316. The molecule has 3 rings (SSSR count). The molecule has 0 aromatic heterocycles. The highest BCUT2D eigenvalue weighted by Crippen LogP contribution is 2.20. The van der Waals surface area contributed by atoms with Crippen LogP contribution in [-0.4, -0.2) is 26.4 Å². The molecule has 1 aliphatic heterocycles. The van der Waals surface area contributed by atoms with Crippen LogP contribution in [-0.2, 0) is 6.54 Å². The van der Waals surface area contributed by atoms with Crippen molar-refractivity contribution in [3.8, 4) is 5.75 Å². The number of methoxy groups -OCH3 is 1. The highest BCUT2D eigenvalue weighted by molar-refractivity contribution is 5.80. The number of hydrogen-bond acceptors (Lipinski definition) is 3. The average Bonchev–Trinajstić information content (AvgIpc) is 3.11. The molecule has 2 aromatic rings. The van der Waals surface area contributed by atoms with E-state index in [-0.39, 0.29) is 0 Å². The normalized spacial score (nSPS) is 14.7. The summed E-state index contributed by atoms with van der Waals surface area (Å²) in [5, 5.41) is 0. The van der Waals surface area contributed by atoms with Crippen LogP contribution < -0.4 is 9.64 Å². The van der Waals surface area contributed by atoms with Gasteiger partial charge in [0, 0.05) is 25.0 Å². The second kappa shape index (κ2) is 7.12. The van der Waals surface area contributed by atoms with Gasteiger partial charge in [0.25, 0.3) is 0 Å². The molecule has 0 radical (unpaired) electrons. The zero-order valence-corrected chi connectivity index (χ0v) is 13.0. The summed E-state index contributed by atoms with van der Waals surface area (Å²) in [6.45, 7) is 3.06. The van der Waals surface area contributed by atoms with Gasteiger partial charge in [0.05, 0.1) is 13.7 Å². The van der Waals surface area contributed by atoms with E-state index >= 15 is 0 Å². The number of benzene rings is 2. The summed E-state index contributed by atoms with van der Waals surface area (Å²) in [6.07, 6.45) is 4.56. The highest BCUT2D eigenvalue weighted by Gasteiger charge is 2.11. The fourth-order valence-corrected chi connectivity index (χ4v) is 2.73. The van der Waals surface area contributed by atoms with Crippen molar-refractivity contribution < 1.29 is 4.74 Å². The van der Waals surface area contributed by atoms with Crippen molar-refractivity contribution in [2.24, 2.45) is 4.99 Å². The quantitative estimate of drug-likeness (QED) is 0.781. The van der Waals surface area contributed by atoms with Crippen LogP contribution in [0.4, 0.5) is 5.69 Å². The van der Waals surface area contributed by atoms with Gasteiger partial charge in [-0.2, -0.15) is 0 Å². The number of hydrogen-bond donors (Lipinski definition) is 0. The van der Waals surface area contributed by atoms with Gasteiger partial charge in [-0.3, -0.25) is 4.99 Å². The van der Waals surface area contributed by atoms with Crippen LogP contribution in [0.2, 0.25) is 0 Å². The van der Waals surface area contributed by atoms with Crippen LogP contribution in [0, 0.1) is 0 Å². The molecule has 0 N–H and O–H groups in total. The Balaban J connectivity index is 1.57. The van der Waals surface area contributed by atoms with Crippen LogP contribution in [0.25, 0.3) is 0 Å². The van der Waals surface area contributed by atoms with Crippen molar-refractivity contribution in [1.29, 1.82) is 0 Å². The van der Waals surface area contributed by atoms with Gasteiger partial charge in [-0.1, -0.05) is 24.3 Å². The lowest BCUT2D eigenvalue weighted by Gasteiger charge is -2.17. The van der Waals surface area contributed by atoms with Crippen LogP contribution >= 0.6 is 0 Å². The van der Waals surface area contributed by atoms with Crippen molar-refractivity contribution in [1.82, 2.24) is 0 Å². The molecule has 0 unspecified atom stereocenters. The molecule has 1 heterocycles. The molecule has 22 heavy (non-hydrogen) atoms.